The zero-order valence-electron chi connectivity index (χ0n) is 6.76. The third-order valence-corrected chi connectivity index (χ3v) is 2.31. The summed E-state index contributed by atoms with van der Waals surface area (Å²) in [5.74, 6) is 0. The number of rotatable bonds is 3. The lowest BCUT2D eigenvalue weighted by Gasteiger charge is -1.96. The average molecular weight is 172 g/mol. The summed E-state index contributed by atoms with van der Waals surface area (Å²) in [5.41, 5.74) is 6.49. The van der Waals surface area contributed by atoms with Crippen LogP contribution in [-0.4, -0.2) is 11.6 Å². The Balaban J connectivity index is 2.62. The van der Waals surface area contributed by atoms with Crippen LogP contribution in [0.2, 0.25) is 0 Å². The number of hydrogen-bond acceptors (Lipinski definition) is 4. The van der Waals surface area contributed by atoms with Crippen LogP contribution in [0.5, 0.6) is 0 Å². The van der Waals surface area contributed by atoms with Crippen molar-refractivity contribution in [3.05, 3.63) is 10.6 Å². The molecule has 3 nitrogen and oxygen atoms in total. The molecule has 0 aliphatic rings. The molecule has 0 spiro atoms. The molecule has 0 unspecified atom stereocenters. The number of hydrogen-bond donors (Lipinski definition) is 1. The van der Waals surface area contributed by atoms with Gasteiger partial charge in [-0.15, -0.1) is 0 Å². The zero-order chi connectivity index (χ0) is 8.27. The lowest BCUT2D eigenvalue weighted by Crippen LogP contribution is -1.90. The highest BCUT2D eigenvalue weighted by Gasteiger charge is 2.03. The molecule has 1 aromatic rings. The van der Waals surface area contributed by atoms with Crippen LogP contribution in [-0.2, 0) is 11.3 Å². The van der Waals surface area contributed by atoms with E-state index in [1.54, 1.807) is 0 Å². The summed E-state index contributed by atoms with van der Waals surface area (Å²) in [4.78, 5) is 5.21. The van der Waals surface area contributed by atoms with Crippen molar-refractivity contribution < 1.29 is 4.74 Å². The Morgan fingerprint density at radius 1 is 1.64 bits per heavy atom. The Labute approximate surface area is 70.2 Å². The van der Waals surface area contributed by atoms with Crippen LogP contribution in [0, 0.1) is 6.92 Å². The predicted molar refractivity (Wildman–Crippen MR) is 46.6 cm³/mol. The van der Waals surface area contributed by atoms with E-state index in [0.29, 0.717) is 11.7 Å². The normalized spacial score (nSPS) is 10.4. The smallest absolute Gasteiger partial charge is 0.180 e. The summed E-state index contributed by atoms with van der Waals surface area (Å²) in [6.45, 7) is 5.29. The molecule has 0 saturated carbocycles. The van der Waals surface area contributed by atoms with Crippen LogP contribution < -0.4 is 5.73 Å². The van der Waals surface area contributed by atoms with Gasteiger partial charge < -0.3 is 10.5 Å². The first-order valence-corrected chi connectivity index (χ1v) is 4.35. The van der Waals surface area contributed by atoms with Crippen molar-refractivity contribution in [2.24, 2.45) is 0 Å². The molecule has 0 saturated heterocycles. The van der Waals surface area contributed by atoms with Crippen LogP contribution in [0.3, 0.4) is 0 Å². The Morgan fingerprint density at radius 2 is 2.36 bits per heavy atom. The third-order valence-electron chi connectivity index (χ3n) is 1.35. The van der Waals surface area contributed by atoms with E-state index in [4.69, 9.17) is 10.5 Å². The summed E-state index contributed by atoms with van der Waals surface area (Å²) in [6, 6.07) is 0. The fraction of sp³-hybridized carbons (Fsp3) is 0.571. The SMILES string of the molecule is CCOCc1sc(N)nc1C. The van der Waals surface area contributed by atoms with Gasteiger partial charge in [0.15, 0.2) is 5.13 Å². The molecule has 2 N–H and O–H groups in total. The van der Waals surface area contributed by atoms with Crippen LogP contribution in [0.15, 0.2) is 0 Å². The second kappa shape index (κ2) is 3.69. The van der Waals surface area contributed by atoms with Gasteiger partial charge in [0.2, 0.25) is 0 Å². The maximum absolute atomic E-state index is 5.50. The molecule has 1 heterocycles. The fourth-order valence-corrected chi connectivity index (χ4v) is 1.55. The summed E-state index contributed by atoms with van der Waals surface area (Å²) in [6.07, 6.45) is 0. The Kier molecular flexibility index (Phi) is 2.84. The number of nitrogens with two attached hydrogens (primary N) is 1. The molecule has 0 radical (unpaired) electrons. The molecule has 62 valence electrons. The van der Waals surface area contributed by atoms with Gasteiger partial charge in [-0.3, -0.25) is 0 Å². The van der Waals surface area contributed by atoms with Crippen molar-refractivity contribution in [1.29, 1.82) is 0 Å². The topological polar surface area (TPSA) is 48.1 Å². The average Bonchev–Trinajstić information content (AvgIpc) is 2.26. The second-order valence-corrected chi connectivity index (χ2v) is 3.31. The van der Waals surface area contributed by atoms with E-state index in [1.165, 1.54) is 11.3 Å². The summed E-state index contributed by atoms with van der Waals surface area (Å²) in [7, 11) is 0. The lowest BCUT2D eigenvalue weighted by atomic mass is 10.4. The van der Waals surface area contributed by atoms with Crippen LogP contribution >= 0.6 is 11.3 Å². The number of ether oxygens (including phenoxy) is 1. The van der Waals surface area contributed by atoms with Crippen LogP contribution in [0.1, 0.15) is 17.5 Å². The highest BCUT2D eigenvalue weighted by molar-refractivity contribution is 7.15. The van der Waals surface area contributed by atoms with Gasteiger partial charge in [-0.05, 0) is 13.8 Å². The van der Waals surface area contributed by atoms with Gasteiger partial charge in [0, 0.05) is 6.61 Å². The molecule has 1 rings (SSSR count). The molecular formula is C7H12N2OS. The molecule has 0 aliphatic heterocycles. The van der Waals surface area contributed by atoms with Crippen molar-refractivity contribution in [1.82, 2.24) is 4.98 Å². The fourth-order valence-electron chi connectivity index (χ4n) is 0.779. The Hall–Kier alpha value is -0.610. The summed E-state index contributed by atoms with van der Waals surface area (Å²) in [5, 5.41) is 0.622. The van der Waals surface area contributed by atoms with E-state index >= 15 is 0 Å². The quantitative estimate of drug-likeness (QED) is 0.752. The van der Waals surface area contributed by atoms with E-state index in [2.05, 4.69) is 4.98 Å². The standard InChI is InChI=1S/C7H12N2OS/c1-3-10-4-6-5(2)9-7(8)11-6/h3-4H2,1-2H3,(H2,8,9). The van der Waals surface area contributed by atoms with E-state index in [9.17, 15) is 0 Å². The maximum atomic E-state index is 5.50. The van der Waals surface area contributed by atoms with E-state index in [-0.39, 0.29) is 0 Å². The number of anilines is 1. The first-order valence-electron chi connectivity index (χ1n) is 3.53. The highest BCUT2D eigenvalue weighted by Crippen LogP contribution is 2.19. The minimum Gasteiger partial charge on any atom is -0.376 e. The number of nitrogen functional groups attached to an aromatic ring is 1. The molecule has 0 aromatic carbocycles. The predicted octanol–water partition coefficient (Wildman–Crippen LogP) is 1.57. The number of thiazole rings is 1. The maximum Gasteiger partial charge on any atom is 0.180 e. The monoisotopic (exact) mass is 172 g/mol. The van der Waals surface area contributed by atoms with Crippen molar-refractivity contribution in [3.63, 3.8) is 0 Å². The highest BCUT2D eigenvalue weighted by atomic mass is 32.1. The number of nitrogens with zero attached hydrogens (tertiary/aromatic N) is 1. The van der Waals surface area contributed by atoms with Crippen molar-refractivity contribution in [3.8, 4) is 0 Å². The van der Waals surface area contributed by atoms with Gasteiger partial charge in [0.1, 0.15) is 0 Å². The summed E-state index contributed by atoms with van der Waals surface area (Å²) >= 11 is 1.50. The Bertz CT molecular complexity index is 234. The number of aryl methyl sites for hydroxylation is 1. The molecule has 0 atom stereocenters. The van der Waals surface area contributed by atoms with Gasteiger partial charge in [-0.25, -0.2) is 4.98 Å². The van der Waals surface area contributed by atoms with Gasteiger partial charge in [-0.1, -0.05) is 11.3 Å². The minimum atomic E-state index is 0.622. The molecule has 0 amide bonds. The molecule has 0 aliphatic carbocycles. The van der Waals surface area contributed by atoms with Crippen molar-refractivity contribution >= 4 is 16.5 Å². The van der Waals surface area contributed by atoms with E-state index < -0.39 is 0 Å². The van der Waals surface area contributed by atoms with Crippen LogP contribution in [0.4, 0.5) is 5.13 Å². The molecular weight excluding hydrogens is 160 g/mol. The van der Waals surface area contributed by atoms with Gasteiger partial charge >= 0.3 is 0 Å². The molecule has 0 fully saturated rings. The third kappa shape index (κ3) is 2.17. The number of aromatic nitrogens is 1. The zero-order valence-corrected chi connectivity index (χ0v) is 7.57. The van der Waals surface area contributed by atoms with Crippen molar-refractivity contribution in [2.45, 2.75) is 20.5 Å². The minimum absolute atomic E-state index is 0.622. The first-order chi connectivity index (χ1) is 5.24. The van der Waals surface area contributed by atoms with Gasteiger partial charge in [-0.2, -0.15) is 0 Å². The first kappa shape index (κ1) is 8.49. The molecule has 11 heavy (non-hydrogen) atoms. The molecule has 0 bridgehead atoms. The lowest BCUT2D eigenvalue weighted by molar-refractivity contribution is 0.136. The van der Waals surface area contributed by atoms with Gasteiger partial charge in [0.05, 0.1) is 17.2 Å². The molecule has 4 heteroatoms. The van der Waals surface area contributed by atoms with Crippen molar-refractivity contribution in [2.75, 3.05) is 12.3 Å². The molecule has 1 aromatic heterocycles. The van der Waals surface area contributed by atoms with Gasteiger partial charge in [0.25, 0.3) is 0 Å². The largest absolute Gasteiger partial charge is 0.376 e. The summed E-state index contributed by atoms with van der Waals surface area (Å²) < 4.78 is 5.23. The van der Waals surface area contributed by atoms with E-state index in [0.717, 1.165) is 17.2 Å². The second-order valence-electron chi connectivity index (χ2n) is 2.20. The Morgan fingerprint density at radius 3 is 2.82 bits per heavy atom. The van der Waals surface area contributed by atoms with Crippen LogP contribution in [0.25, 0.3) is 0 Å². The van der Waals surface area contributed by atoms with E-state index in [1.807, 2.05) is 13.8 Å².